The van der Waals surface area contributed by atoms with Crippen molar-refractivity contribution < 1.29 is 32.2 Å². The fourth-order valence-electron chi connectivity index (χ4n) is 3.03. The molecule has 1 aromatic heterocycles. The second-order valence-electron chi connectivity index (χ2n) is 7.56. The minimum absolute atomic E-state index is 0.235. The Labute approximate surface area is 208 Å². The molecule has 3 aromatic carbocycles. The Morgan fingerprint density at radius 1 is 1.00 bits per heavy atom. The number of alkyl halides is 3. The van der Waals surface area contributed by atoms with Crippen molar-refractivity contribution in [1.82, 2.24) is 9.97 Å². The van der Waals surface area contributed by atoms with Gasteiger partial charge in [0, 0.05) is 10.7 Å². The molecular formula is C25H19ClF3N3O4. The third-order valence-corrected chi connectivity index (χ3v) is 4.99. The van der Waals surface area contributed by atoms with Gasteiger partial charge in [-0.3, -0.25) is 4.79 Å². The van der Waals surface area contributed by atoms with E-state index < -0.39 is 24.8 Å². The fourth-order valence-corrected chi connectivity index (χ4v) is 3.20. The maximum absolute atomic E-state index is 13.0. The number of rotatable bonds is 9. The first-order chi connectivity index (χ1) is 17.2. The zero-order valence-corrected chi connectivity index (χ0v) is 19.5. The molecule has 0 bridgehead atoms. The van der Waals surface area contributed by atoms with E-state index in [1.54, 1.807) is 49.4 Å². The van der Waals surface area contributed by atoms with Crippen molar-refractivity contribution in [1.29, 1.82) is 0 Å². The van der Waals surface area contributed by atoms with Crippen LogP contribution in [0.5, 0.6) is 23.1 Å². The number of nitrogens with one attached hydrogen (secondary N) is 1. The van der Waals surface area contributed by atoms with Crippen LogP contribution in [-0.4, -0.2) is 34.8 Å². The van der Waals surface area contributed by atoms with Gasteiger partial charge in [-0.2, -0.15) is 8.78 Å². The summed E-state index contributed by atoms with van der Waals surface area (Å²) < 4.78 is 53.7. The van der Waals surface area contributed by atoms with Gasteiger partial charge < -0.3 is 19.5 Å². The molecule has 0 saturated heterocycles. The van der Waals surface area contributed by atoms with Gasteiger partial charge in [0.25, 0.3) is 5.91 Å². The summed E-state index contributed by atoms with van der Waals surface area (Å²) in [7, 11) is 0. The highest BCUT2D eigenvalue weighted by molar-refractivity contribution is 6.31. The van der Waals surface area contributed by atoms with Crippen LogP contribution in [0.25, 0.3) is 11.0 Å². The Hall–Kier alpha value is -4.05. The maximum atomic E-state index is 13.0. The van der Waals surface area contributed by atoms with Gasteiger partial charge in [-0.25, -0.2) is 14.4 Å². The van der Waals surface area contributed by atoms with Crippen LogP contribution < -0.4 is 19.5 Å². The minimum Gasteiger partial charge on any atom is -0.481 e. The van der Waals surface area contributed by atoms with Crippen molar-refractivity contribution in [2.24, 2.45) is 0 Å². The summed E-state index contributed by atoms with van der Waals surface area (Å²) in [5.74, 6) is 0.506. The fraction of sp³-hybridized carbons (Fsp3) is 0.160. The first-order valence-corrected chi connectivity index (χ1v) is 11.0. The topological polar surface area (TPSA) is 82.6 Å². The van der Waals surface area contributed by atoms with Gasteiger partial charge in [-0.15, -0.1) is 0 Å². The molecule has 4 rings (SSSR count). The van der Waals surface area contributed by atoms with E-state index in [-0.39, 0.29) is 5.75 Å². The molecule has 1 atom stereocenters. The van der Waals surface area contributed by atoms with E-state index in [4.69, 9.17) is 21.1 Å². The number of hydrogen-bond donors (Lipinski definition) is 1. The number of aromatic nitrogens is 2. The highest BCUT2D eigenvalue weighted by atomic mass is 35.5. The lowest BCUT2D eigenvalue weighted by Gasteiger charge is -2.16. The lowest BCUT2D eigenvalue weighted by atomic mass is 10.2. The second kappa shape index (κ2) is 10.7. The standard InChI is InChI=1S/C25H19ClF3N3O4/c1-15(24(33)31-17-3-5-20(6-4-17)36-25(28,29)14-27)34-18-7-9-19(10-8-18)35-23-13-30-22-12-16(26)2-11-21(22)32-23/h2-13,15H,14H2,1H3,(H,31,33). The normalized spacial score (nSPS) is 12.1. The molecule has 11 heteroatoms. The second-order valence-corrected chi connectivity index (χ2v) is 8.00. The average molecular weight is 518 g/mol. The Morgan fingerprint density at radius 3 is 2.36 bits per heavy atom. The Bertz CT molecular complexity index is 1360. The molecule has 4 aromatic rings. The number of nitrogens with zero attached hydrogens (tertiary/aromatic N) is 2. The smallest absolute Gasteiger partial charge is 0.427 e. The van der Waals surface area contributed by atoms with E-state index in [9.17, 15) is 18.0 Å². The Morgan fingerprint density at radius 2 is 1.67 bits per heavy atom. The first-order valence-electron chi connectivity index (χ1n) is 10.6. The molecular weight excluding hydrogens is 499 g/mol. The lowest BCUT2D eigenvalue weighted by molar-refractivity contribution is -0.186. The maximum Gasteiger partial charge on any atom is 0.427 e. The molecule has 7 nitrogen and oxygen atoms in total. The summed E-state index contributed by atoms with van der Waals surface area (Å²) in [5.41, 5.74) is 1.61. The summed E-state index contributed by atoms with van der Waals surface area (Å²) in [6.07, 6.45) is -3.30. The number of halogens is 4. The molecule has 0 aliphatic heterocycles. The number of anilines is 1. The zero-order valence-electron chi connectivity index (χ0n) is 18.8. The number of carbonyl (C=O) groups excluding carboxylic acids is 1. The van der Waals surface area contributed by atoms with E-state index >= 15 is 0 Å². The predicted molar refractivity (Wildman–Crippen MR) is 128 cm³/mol. The summed E-state index contributed by atoms with van der Waals surface area (Å²) in [6, 6.07) is 16.8. The SMILES string of the molecule is CC(Oc1ccc(Oc2cnc3cc(Cl)ccc3n2)cc1)C(=O)Nc1ccc(OC(F)(F)CF)cc1. The van der Waals surface area contributed by atoms with Crippen LogP contribution >= 0.6 is 11.6 Å². The van der Waals surface area contributed by atoms with Gasteiger partial charge in [0.1, 0.15) is 17.2 Å². The molecule has 1 unspecified atom stereocenters. The van der Waals surface area contributed by atoms with Gasteiger partial charge in [0.15, 0.2) is 12.8 Å². The van der Waals surface area contributed by atoms with Gasteiger partial charge in [-0.05, 0) is 73.7 Å². The van der Waals surface area contributed by atoms with Crippen molar-refractivity contribution in [2.45, 2.75) is 19.1 Å². The highest BCUT2D eigenvalue weighted by Crippen LogP contribution is 2.26. The number of amides is 1. The van der Waals surface area contributed by atoms with Gasteiger partial charge in [0.05, 0.1) is 17.2 Å². The van der Waals surface area contributed by atoms with Crippen LogP contribution in [0, 0.1) is 0 Å². The van der Waals surface area contributed by atoms with Crippen LogP contribution in [0.1, 0.15) is 6.92 Å². The van der Waals surface area contributed by atoms with Crippen molar-refractivity contribution >= 4 is 34.2 Å². The van der Waals surface area contributed by atoms with E-state index in [0.29, 0.717) is 39.1 Å². The van der Waals surface area contributed by atoms with Crippen LogP contribution in [0.3, 0.4) is 0 Å². The number of fused-ring (bicyclic) bond motifs is 1. The molecule has 0 spiro atoms. The summed E-state index contributed by atoms with van der Waals surface area (Å²) >= 11 is 5.95. The first kappa shape index (κ1) is 25.1. The van der Waals surface area contributed by atoms with Crippen LogP contribution in [0.2, 0.25) is 5.02 Å². The van der Waals surface area contributed by atoms with E-state index in [1.807, 2.05) is 0 Å². The molecule has 36 heavy (non-hydrogen) atoms. The monoisotopic (exact) mass is 517 g/mol. The molecule has 1 amide bonds. The van der Waals surface area contributed by atoms with Crippen LogP contribution in [0.4, 0.5) is 18.9 Å². The number of benzene rings is 3. The van der Waals surface area contributed by atoms with Gasteiger partial charge >= 0.3 is 6.11 Å². The molecule has 0 aliphatic carbocycles. The zero-order chi connectivity index (χ0) is 25.7. The van der Waals surface area contributed by atoms with Gasteiger partial charge in [0.2, 0.25) is 5.88 Å². The molecule has 1 heterocycles. The molecule has 0 saturated carbocycles. The molecule has 1 N–H and O–H groups in total. The molecule has 0 aliphatic rings. The summed E-state index contributed by atoms with van der Waals surface area (Å²) in [5, 5.41) is 3.16. The van der Waals surface area contributed by atoms with E-state index in [1.165, 1.54) is 30.5 Å². The van der Waals surface area contributed by atoms with E-state index in [2.05, 4.69) is 20.0 Å². The van der Waals surface area contributed by atoms with Crippen molar-refractivity contribution in [2.75, 3.05) is 12.0 Å². The largest absolute Gasteiger partial charge is 0.481 e. The minimum atomic E-state index is -3.91. The van der Waals surface area contributed by atoms with Crippen molar-refractivity contribution in [3.63, 3.8) is 0 Å². The number of hydrogen-bond acceptors (Lipinski definition) is 6. The Kier molecular flexibility index (Phi) is 7.44. The van der Waals surface area contributed by atoms with Crippen LogP contribution in [0.15, 0.2) is 72.9 Å². The molecule has 0 radical (unpaired) electrons. The third kappa shape index (κ3) is 6.54. The summed E-state index contributed by atoms with van der Waals surface area (Å²) in [4.78, 5) is 21.1. The number of carbonyl (C=O) groups is 1. The van der Waals surface area contributed by atoms with Crippen LogP contribution in [-0.2, 0) is 4.79 Å². The van der Waals surface area contributed by atoms with Crippen molar-refractivity contribution in [3.8, 4) is 23.1 Å². The quantitative estimate of drug-likeness (QED) is 0.276. The number of ether oxygens (including phenoxy) is 3. The Balaban J connectivity index is 1.31. The highest BCUT2D eigenvalue weighted by Gasteiger charge is 2.31. The molecule has 0 fully saturated rings. The van der Waals surface area contributed by atoms with Crippen molar-refractivity contribution in [3.05, 3.63) is 77.9 Å². The lowest BCUT2D eigenvalue weighted by Crippen LogP contribution is -2.30. The third-order valence-electron chi connectivity index (χ3n) is 4.76. The average Bonchev–Trinajstić information content (AvgIpc) is 2.86. The van der Waals surface area contributed by atoms with E-state index in [0.717, 1.165) is 0 Å². The predicted octanol–water partition coefficient (Wildman–Crippen LogP) is 6.42. The molecule has 186 valence electrons. The van der Waals surface area contributed by atoms with Gasteiger partial charge in [-0.1, -0.05) is 11.6 Å². The summed E-state index contributed by atoms with van der Waals surface area (Å²) in [6.45, 7) is -0.392.